The molecule has 1 saturated heterocycles. The maximum absolute atomic E-state index is 13.5. The van der Waals surface area contributed by atoms with E-state index in [2.05, 4.69) is 16.0 Å². The van der Waals surface area contributed by atoms with Crippen molar-refractivity contribution in [1.82, 2.24) is 15.5 Å². The van der Waals surface area contributed by atoms with E-state index in [0.717, 1.165) is 17.7 Å². The summed E-state index contributed by atoms with van der Waals surface area (Å²) in [5, 5.41) is 9.11. The van der Waals surface area contributed by atoms with Crippen LogP contribution < -0.4 is 16.0 Å². The first-order chi connectivity index (χ1) is 18.7. The predicted octanol–water partition coefficient (Wildman–Crippen LogP) is 5.04. The highest BCUT2D eigenvalue weighted by Gasteiger charge is 2.36. The van der Waals surface area contributed by atoms with Crippen molar-refractivity contribution < 1.29 is 32.2 Å². The van der Waals surface area contributed by atoms with Crippen LogP contribution >= 0.6 is 12.2 Å². The monoisotopic (exact) mass is 580 g/mol. The lowest BCUT2D eigenvalue weighted by atomic mass is 9.91. The van der Waals surface area contributed by atoms with Crippen LogP contribution in [0.3, 0.4) is 0 Å². The molecule has 1 fully saturated rings. The number of nitrogens with one attached hydrogen (secondary N) is 3. The number of nitrogens with zero attached hydrogens (tertiary/aromatic N) is 1. The second kappa shape index (κ2) is 12.9. The number of halogens is 3. The molecule has 0 saturated carbocycles. The third kappa shape index (κ3) is 8.56. The molecule has 1 atom stereocenters. The molecule has 40 heavy (non-hydrogen) atoms. The van der Waals surface area contributed by atoms with Crippen molar-refractivity contribution in [3.63, 3.8) is 0 Å². The molecular weight excluding hydrogens is 545 g/mol. The first-order valence-electron chi connectivity index (χ1n) is 12.8. The van der Waals surface area contributed by atoms with Gasteiger partial charge in [0.05, 0.1) is 29.7 Å². The van der Waals surface area contributed by atoms with Gasteiger partial charge in [-0.1, -0.05) is 30.3 Å². The number of urea groups is 1. The van der Waals surface area contributed by atoms with E-state index in [9.17, 15) is 22.8 Å². The zero-order valence-corrected chi connectivity index (χ0v) is 23.8. The van der Waals surface area contributed by atoms with Crippen LogP contribution in [0.5, 0.6) is 0 Å². The van der Waals surface area contributed by atoms with E-state index in [1.54, 1.807) is 44.7 Å². The molecule has 0 aliphatic carbocycles. The SMILES string of the molecule is CC(C)(C)C(=O)OCC(C)(NC(=S)Nc1ccccc1CNC(=O)N1CCOCC1)c1cccc(C(F)(F)F)c1. The molecule has 3 N–H and O–H groups in total. The number of carbonyl (C=O) groups excluding carboxylic acids is 2. The Bertz CT molecular complexity index is 1210. The zero-order valence-electron chi connectivity index (χ0n) is 23.0. The average molecular weight is 581 g/mol. The molecule has 0 radical (unpaired) electrons. The molecule has 2 amide bonds. The molecule has 1 heterocycles. The minimum atomic E-state index is -4.55. The molecular formula is C28H35F3N4O4S. The van der Waals surface area contributed by atoms with Gasteiger partial charge in [0.2, 0.25) is 0 Å². The Morgan fingerprint density at radius 3 is 2.30 bits per heavy atom. The molecule has 1 unspecified atom stereocenters. The highest BCUT2D eigenvalue weighted by molar-refractivity contribution is 7.80. The van der Waals surface area contributed by atoms with Crippen molar-refractivity contribution in [2.75, 3.05) is 38.2 Å². The molecule has 0 aromatic heterocycles. The van der Waals surface area contributed by atoms with E-state index in [0.29, 0.717) is 32.0 Å². The van der Waals surface area contributed by atoms with Gasteiger partial charge in [0.1, 0.15) is 6.61 Å². The number of thiocarbonyl (C=S) groups is 1. The van der Waals surface area contributed by atoms with Crippen LogP contribution in [0.25, 0.3) is 0 Å². The third-order valence-corrected chi connectivity index (χ3v) is 6.52. The van der Waals surface area contributed by atoms with E-state index >= 15 is 0 Å². The molecule has 0 bridgehead atoms. The highest BCUT2D eigenvalue weighted by Crippen LogP contribution is 2.33. The molecule has 2 aromatic rings. The zero-order chi connectivity index (χ0) is 29.6. The lowest BCUT2D eigenvalue weighted by Gasteiger charge is -2.34. The standard InChI is InChI=1S/C28H35F3N4O4S/c1-26(2,3)23(36)39-18-27(4,20-9-7-10-21(16-20)28(29,30)31)34-24(40)33-22-11-6-5-8-19(22)17-32-25(37)35-12-14-38-15-13-35/h5-11,16H,12-15,17-18H2,1-4H3,(H,32,37)(H2,33,34,40). The summed E-state index contributed by atoms with van der Waals surface area (Å²) in [5.41, 5.74) is -1.36. The summed E-state index contributed by atoms with van der Waals surface area (Å²) in [7, 11) is 0. The van der Waals surface area contributed by atoms with Crippen molar-refractivity contribution in [2.45, 2.75) is 46.0 Å². The Labute approximate surface area is 237 Å². The number of carbonyl (C=O) groups is 2. The fraction of sp³-hybridized carbons (Fsp3) is 0.464. The molecule has 3 rings (SSSR count). The van der Waals surface area contributed by atoms with E-state index in [4.69, 9.17) is 21.7 Å². The van der Waals surface area contributed by atoms with E-state index < -0.39 is 28.7 Å². The number of hydrogen-bond donors (Lipinski definition) is 3. The van der Waals surface area contributed by atoms with Gasteiger partial charge < -0.3 is 30.3 Å². The number of esters is 1. The largest absolute Gasteiger partial charge is 0.462 e. The van der Waals surface area contributed by atoms with Gasteiger partial charge in [-0.25, -0.2) is 4.79 Å². The van der Waals surface area contributed by atoms with E-state index in [-0.39, 0.29) is 29.9 Å². The summed E-state index contributed by atoms with van der Waals surface area (Å²) in [4.78, 5) is 26.7. The Morgan fingerprint density at radius 1 is 1.00 bits per heavy atom. The van der Waals surface area contributed by atoms with E-state index in [1.807, 2.05) is 12.1 Å². The van der Waals surface area contributed by atoms with Crippen molar-refractivity contribution in [1.29, 1.82) is 0 Å². The summed E-state index contributed by atoms with van der Waals surface area (Å²) in [6, 6.07) is 11.8. The smallest absolute Gasteiger partial charge is 0.416 e. The van der Waals surface area contributed by atoms with Gasteiger partial charge in [-0.2, -0.15) is 13.2 Å². The van der Waals surface area contributed by atoms with Gasteiger partial charge >= 0.3 is 18.2 Å². The van der Waals surface area contributed by atoms with Crippen molar-refractivity contribution >= 4 is 35.0 Å². The molecule has 1 aliphatic rings. The van der Waals surface area contributed by atoms with Crippen LogP contribution in [-0.4, -0.2) is 54.9 Å². The molecule has 12 heteroatoms. The number of benzene rings is 2. The van der Waals surface area contributed by atoms with Crippen molar-refractivity contribution in [3.05, 3.63) is 65.2 Å². The van der Waals surface area contributed by atoms with Crippen LogP contribution in [0.2, 0.25) is 0 Å². The van der Waals surface area contributed by atoms with Crippen LogP contribution in [0.15, 0.2) is 48.5 Å². The normalized spacial score (nSPS) is 15.5. The molecule has 2 aromatic carbocycles. The summed E-state index contributed by atoms with van der Waals surface area (Å²) in [6.07, 6.45) is -4.55. The number of amides is 2. The van der Waals surface area contributed by atoms with Crippen LogP contribution in [0.1, 0.15) is 44.4 Å². The first-order valence-corrected chi connectivity index (χ1v) is 13.2. The molecule has 0 spiro atoms. The van der Waals surface area contributed by atoms with Gasteiger partial charge in [0, 0.05) is 25.3 Å². The second-order valence-electron chi connectivity index (χ2n) is 10.7. The maximum Gasteiger partial charge on any atom is 0.416 e. The Balaban J connectivity index is 1.78. The van der Waals surface area contributed by atoms with Gasteiger partial charge in [-0.3, -0.25) is 4.79 Å². The van der Waals surface area contributed by atoms with Crippen LogP contribution in [-0.2, 0) is 32.5 Å². The third-order valence-electron chi connectivity index (χ3n) is 6.31. The maximum atomic E-state index is 13.5. The number of rotatable bonds is 7. The fourth-order valence-corrected chi connectivity index (χ4v) is 4.24. The average Bonchev–Trinajstić information content (AvgIpc) is 2.90. The number of ether oxygens (including phenoxy) is 2. The lowest BCUT2D eigenvalue weighted by molar-refractivity contribution is -0.155. The first kappa shape index (κ1) is 31.2. The number of morpholine rings is 1. The summed E-state index contributed by atoms with van der Waals surface area (Å²) in [5.74, 6) is -0.507. The number of anilines is 1. The van der Waals surface area contributed by atoms with Gasteiger partial charge in [-0.05, 0) is 69.2 Å². The summed E-state index contributed by atoms with van der Waals surface area (Å²) < 4.78 is 51.3. The van der Waals surface area contributed by atoms with Gasteiger partial charge in [0.15, 0.2) is 5.11 Å². The van der Waals surface area contributed by atoms with E-state index in [1.165, 1.54) is 12.1 Å². The number of para-hydroxylation sites is 1. The molecule has 8 nitrogen and oxygen atoms in total. The van der Waals surface area contributed by atoms with Crippen LogP contribution in [0, 0.1) is 5.41 Å². The topological polar surface area (TPSA) is 91.9 Å². The quantitative estimate of drug-likeness (QED) is 0.312. The Hall–Kier alpha value is -3.38. The van der Waals surface area contributed by atoms with Crippen molar-refractivity contribution in [2.24, 2.45) is 5.41 Å². The van der Waals surface area contributed by atoms with Crippen LogP contribution in [0.4, 0.5) is 23.7 Å². The van der Waals surface area contributed by atoms with Gasteiger partial charge in [0.25, 0.3) is 0 Å². The molecule has 1 aliphatic heterocycles. The van der Waals surface area contributed by atoms with Crippen molar-refractivity contribution in [3.8, 4) is 0 Å². The predicted molar refractivity (Wildman–Crippen MR) is 150 cm³/mol. The summed E-state index contributed by atoms with van der Waals surface area (Å²) >= 11 is 5.55. The lowest BCUT2D eigenvalue weighted by Crippen LogP contribution is -2.49. The highest BCUT2D eigenvalue weighted by atomic mass is 32.1. The molecule has 218 valence electrons. The Kier molecular flexibility index (Phi) is 10.0. The van der Waals surface area contributed by atoms with Gasteiger partial charge in [-0.15, -0.1) is 0 Å². The fourth-order valence-electron chi connectivity index (χ4n) is 3.91. The minimum absolute atomic E-state index is 0.0960. The minimum Gasteiger partial charge on any atom is -0.462 e. The Morgan fingerprint density at radius 2 is 1.65 bits per heavy atom. The number of alkyl halides is 3. The summed E-state index contributed by atoms with van der Waals surface area (Å²) in [6.45, 7) is 8.60. The second-order valence-corrected chi connectivity index (χ2v) is 11.1. The number of hydrogen-bond acceptors (Lipinski definition) is 5.